The number of halogens is 2. The Labute approximate surface area is 126 Å². The molecule has 108 valence electrons. The van der Waals surface area contributed by atoms with Crippen molar-refractivity contribution >= 4 is 40.6 Å². The van der Waals surface area contributed by atoms with Gasteiger partial charge in [0.15, 0.2) is 5.84 Å². The fourth-order valence-corrected chi connectivity index (χ4v) is 2.70. The lowest BCUT2D eigenvalue weighted by atomic mass is 9.67. The van der Waals surface area contributed by atoms with Crippen molar-refractivity contribution in [2.24, 2.45) is 16.3 Å². The number of amides is 1. The SMILES string of the molecule is Cc1ccc(Cl)c(NC(=O)C2(/C(N)=N/O)CCC2)c1Cl. The maximum atomic E-state index is 12.4. The van der Waals surface area contributed by atoms with Crippen LogP contribution in [0.2, 0.25) is 10.0 Å². The summed E-state index contributed by atoms with van der Waals surface area (Å²) in [6.07, 6.45) is 1.92. The van der Waals surface area contributed by atoms with E-state index in [-0.39, 0.29) is 11.7 Å². The molecule has 1 aliphatic carbocycles. The first kappa shape index (κ1) is 14.9. The van der Waals surface area contributed by atoms with Gasteiger partial charge in [-0.15, -0.1) is 0 Å². The van der Waals surface area contributed by atoms with Gasteiger partial charge in [-0.1, -0.05) is 40.8 Å². The highest BCUT2D eigenvalue weighted by molar-refractivity contribution is 6.40. The second-order valence-electron chi connectivity index (χ2n) is 4.93. The van der Waals surface area contributed by atoms with Gasteiger partial charge in [-0.2, -0.15) is 0 Å². The van der Waals surface area contributed by atoms with Crippen LogP contribution in [-0.4, -0.2) is 17.0 Å². The van der Waals surface area contributed by atoms with E-state index < -0.39 is 5.41 Å². The maximum absolute atomic E-state index is 12.4. The third-order valence-electron chi connectivity index (χ3n) is 3.76. The number of aryl methyl sites for hydroxylation is 1. The number of carbonyl (C=O) groups excluding carboxylic acids is 1. The third-order valence-corrected chi connectivity index (χ3v) is 4.56. The minimum Gasteiger partial charge on any atom is -0.409 e. The van der Waals surface area contributed by atoms with Crippen molar-refractivity contribution in [3.05, 3.63) is 27.7 Å². The maximum Gasteiger partial charge on any atom is 0.238 e. The summed E-state index contributed by atoms with van der Waals surface area (Å²) in [6, 6.07) is 3.43. The zero-order valence-electron chi connectivity index (χ0n) is 10.9. The van der Waals surface area contributed by atoms with Gasteiger partial charge in [-0.25, -0.2) is 0 Å². The van der Waals surface area contributed by atoms with Crippen LogP contribution in [0.15, 0.2) is 17.3 Å². The lowest BCUT2D eigenvalue weighted by molar-refractivity contribution is -0.125. The molecule has 20 heavy (non-hydrogen) atoms. The summed E-state index contributed by atoms with van der Waals surface area (Å²) < 4.78 is 0. The van der Waals surface area contributed by atoms with Crippen LogP contribution >= 0.6 is 23.2 Å². The molecule has 7 heteroatoms. The molecule has 0 aliphatic heterocycles. The van der Waals surface area contributed by atoms with Crippen LogP contribution in [0, 0.1) is 12.3 Å². The van der Waals surface area contributed by atoms with E-state index >= 15 is 0 Å². The Kier molecular flexibility index (Phi) is 4.11. The molecule has 1 saturated carbocycles. The number of hydrogen-bond donors (Lipinski definition) is 3. The number of benzene rings is 1. The summed E-state index contributed by atoms with van der Waals surface area (Å²) in [7, 11) is 0. The van der Waals surface area contributed by atoms with Gasteiger partial charge in [0, 0.05) is 0 Å². The molecular weight excluding hydrogens is 301 g/mol. The highest BCUT2D eigenvalue weighted by atomic mass is 35.5. The zero-order valence-corrected chi connectivity index (χ0v) is 12.4. The van der Waals surface area contributed by atoms with Gasteiger partial charge in [0.05, 0.1) is 15.7 Å². The number of nitrogens with one attached hydrogen (secondary N) is 1. The van der Waals surface area contributed by atoms with E-state index in [1.807, 2.05) is 6.92 Å². The quantitative estimate of drug-likeness (QED) is 0.346. The van der Waals surface area contributed by atoms with Gasteiger partial charge in [-0.3, -0.25) is 4.79 Å². The average Bonchev–Trinajstić information content (AvgIpc) is 2.37. The van der Waals surface area contributed by atoms with Crippen LogP contribution in [0.3, 0.4) is 0 Å². The predicted molar refractivity (Wildman–Crippen MR) is 79.5 cm³/mol. The lowest BCUT2D eigenvalue weighted by Crippen LogP contribution is -2.51. The fourth-order valence-electron chi connectivity index (χ4n) is 2.23. The molecule has 0 heterocycles. The molecule has 0 atom stereocenters. The highest BCUT2D eigenvalue weighted by Crippen LogP contribution is 2.43. The molecule has 4 N–H and O–H groups in total. The van der Waals surface area contributed by atoms with E-state index in [1.165, 1.54) is 0 Å². The molecule has 0 unspecified atom stereocenters. The molecule has 0 aromatic heterocycles. The van der Waals surface area contributed by atoms with Crippen LogP contribution in [0.5, 0.6) is 0 Å². The van der Waals surface area contributed by atoms with Gasteiger partial charge in [0.2, 0.25) is 5.91 Å². The van der Waals surface area contributed by atoms with Crippen LogP contribution in [0.4, 0.5) is 5.69 Å². The molecule has 1 aromatic rings. The molecule has 5 nitrogen and oxygen atoms in total. The normalized spacial score (nSPS) is 17.4. The van der Waals surface area contributed by atoms with E-state index in [0.717, 1.165) is 12.0 Å². The minimum atomic E-state index is -0.967. The van der Waals surface area contributed by atoms with Crippen molar-refractivity contribution in [2.75, 3.05) is 5.32 Å². The number of nitrogens with zero attached hydrogens (tertiary/aromatic N) is 1. The summed E-state index contributed by atoms with van der Waals surface area (Å²) >= 11 is 12.2. The number of rotatable bonds is 3. The molecule has 1 aromatic carbocycles. The molecule has 0 radical (unpaired) electrons. The number of oxime groups is 1. The summed E-state index contributed by atoms with van der Waals surface area (Å²) in [6.45, 7) is 1.82. The summed E-state index contributed by atoms with van der Waals surface area (Å²) in [5, 5.41) is 15.3. The van der Waals surface area contributed by atoms with Crippen LogP contribution in [0.1, 0.15) is 24.8 Å². The molecule has 1 fully saturated rings. The summed E-state index contributed by atoms with van der Waals surface area (Å²) in [5.74, 6) is -0.436. The molecular formula is C13H15Cl2N3O2. The molecule has 0 spiro atoms. The summed E-state index contributed by atoms with van der Waals surface area (Å²) in [5.41, 5.74) is 5.84. The molecule has 0 saturated heterocycles. The molecule has 1 amide bonds. The van der Waals surface area contributed by atoms with E-state index in [9.17, 15) is 4.79 Å². The Morgan fingerprint density at radius 2 is 2.10 bits per heavy atom. The van der Waals surface area contributed by atoms with Crippen molar-refractivity contribution < 1.29 is 10.0 Å². The average molecular weight is 316 g/mol. The first-order valence-corrected chi connectivity index (χ1v) is 6.92. The molecule has 0 bridgehead atoms. The predicted octanol–water partition coefficient (Wildman–Crippen LogP) is 3.16. The first-order valence-electron chi connectivity index (χ1n) is 6.16. The monoisotopic (exact) mass is 315 g/mol. The second-order valence-corrected chi connectivity index (χ2v) is 5.71. The lowest BCUT2D eigenvalue weighted by Gasteiger charge is -2.38. The number of amidine groups is 1. The highest BCUT2D eigenvalue weighted by Gasteiger charge is 2.48. The molecule has 2 rings (SSSR count). The third kappa shape index (κ3) is 2.31. The smallest absolute Gasteiger partial charge is 0.238 e. The van der Waals surface area contributed by atoms with E-state index in [0.29, 0.717) is 28.6 Å². The fraction of sp³-hybridized carbons (Fsp3) is 0.385. The Bertz CT molecular complexity index is 583. The Morgan fingerprint density at radius 1 is 1.45 bits per heavy atom. The Morgan fingerprint density at radius 3 is 2.60 bits per heavy atom. The van der Waals surface area contributed by atoms with E-state index in [2.05, 4.69) is 10.5 Å². The van der Waals surface area contributed by atoms with E-state index in [4.69, 9.17) is 34.1 Å². The van der Waals surface area contributed by atoms with Gasteiger partial charge < -0.3 is 16.3 Å². The van der Waals surface area contributed by atoms with Crippen molar-refractivity contribution in [3.63, 3.8) is 0 Å². The standard InChI is InChI=1S/C13H15Cl2N3O2/c1-7-3-4-8(14)10(9(7)15)17-12(19)13(5-2-6-13)11(16)18-20/h3-4,20H,2,5-6H2,1H3,(H2,16,18)(H,17,19). The van der Waals surface area contributed by atoms with Crippen LogP contribution < -0.4 is 11.1 Å². The van der Waals surface area contributed by atoms with Crippen molar-refractivity contribution in [1.29, 1.82) is 0 Å². The topological polar surface area (TPSA) is 87.7 Å². The Balaban J connectivity index is 2.31. The summed E-state index contributed by atoms with van der Waals surface area (Å²) in [4.78, 5) is 12.4. The number of carbonyl (C=O) groups is 1. The van der Waals surface area contributed by atoms with Crippen molar-refractivity contribution in [2.45, 2.75) is 26.2 Å². The largest absolute Gasteiger partial charge is 0.409 e. The number of nitrogens with two attached hydrogens (primary N) is 1. The van der Waals surface area contributed by atoms with Gasteiger partial charge in [0.1, 0.15) is 5.41 Å². The Hall–Kier alpha value is -1.46. The second kappa shape index (κ2) is 5.50. The van der Waals surface area contributed by atoms with Crippen LogP contribution in [0.25, 0.3) is 0 Å². The minimum absolute atomic E-state index is 0.0823. The van der Waals surface area contributed by atoms with Crippen molar-refractivity contribution in [1.82, 2.24) is 0 Å². The van der Waals surface area contributed by atoms with Gasteiger partial charge >= 0.3 is 0 Å². The number of hydrogen-bond acceptors (Lipinski definition) is 3. The molecule has 1 aliphatic rings. The van der Waals surface area contributed by atoms with E-state index in [1.54, 1.807) is 12.1 Å². The zero-order chi connectivity index (χ0) is 14.9. The van der Waals surface area contributed by atoms with Gasteiger partial charge in [-0.05, 0) is 31.4 Å². The van der Waals surface area contributed by atoms with Crippen molar-refractivity contribution in [3.8, 4) is 0 Å². The first-order chi connectivity index (χ1) is 9.42. The van der Waals surface area contributed by atoms with Gasteiger partial charge in [0.25, 0.3) is 0 Å². The number of anilines is 1. The van der Waals surface area contributed by atoms with Crippen LogP contribution in [-0.2, 0) is 4.79 Å².